The number of nitrogens with two attached hydrogens (primary N) is 1. The van der Waals surface area contributed by atoms with Gasteiger partial charge in [-0.3, -0.25) is 0 Å². The zero-order valence-corrected chi connectivity index (χ0v) is 11.1. The molecule has 2 nitrogen and oxygen atoms in total. The van der Waals surface area contributed by atoms with Crippen LogP contribution in [0, 0.1) is 6.92 Å². The highest BCUT2D eigenvalue weighted by Gasteiger charge is 2.03. The number of aryl methyl sites for hydroxylation is 1. The SMILES string of the molecule is Cc1ncc(CSc2ccc(Cl)cc2N)s1. The molecule has 0 aliphatic carbocycles. The number of benzene rings is 1. The number of halogens is 1. The van der Waals surface area contributed by atoms with Gasteiger partial charge in [-0.15, -0.1) is 23.1 Å². The molecule has 0 saturated carbocycles. The third-order valence-electron chi connectivity index (χ3n) is 2.01. The summed E-state index contributed by atoms with van der Waals surface area (Å²) in [5.74, 6) is 0.900. The first-order valence-electron chi connectivity index (χ1n) is 4.74. The Hall–Kier alpha value is -0.710. The Bertz CT molecular complexity index is 496. The van der Waals surface area contributed by atoms with E-state index in [-0.39, 0.29) is 0 Å². The van der Waals surface area contributed by atoms with Crippen molar-refractivity contribution in [3.05, 3.63) is 39.3 Å². The van der Waals surface area contributed by atoms with E-state index in [1.54, 1.807) is 29.2 Å². The van der Waals surface area contributed by atoms with Crippen LogP contribution in [-0.2, 0) is 5.75 Å². The number of thioether (sulfide) groups is 1. The molecule has 16 heavy (non-hydrogen) atoms. The maximum absolute atomic E-state index is 5.87. The third kappa shape index (κ3) is 2.90. The number of nitrogens with zero attached hydrogens (tertiary/aromatic N) is 1. The fraction of sp³-hybridized carbons (Fsp3) is 0.182. The Balaban J connectivity index is 2.04. The first kappa shape index (κ1) is 11.8. The summed E-state index contributed by atoms with van der Waals surface area (Å²) in [5.41, 5.74) is 6.61. The lowest BCUT2D eigenvalue weighted by molar-refractivity contribution is 1.28. The van der Waals surface area contributed by atoms with Crippen LogP contribution in [-0.4, -0.2) is 4.98 Å². The van der Waals surface area contributed by atoms with Gasteiger partial charge in [-0.05, 0) is 25.1 Å². The van der Waals surface area contributed by atoms with Crippen LogP contribution in [0.25, 0.3) is 0 Å². The lowest BCUT2D eigenvalue weighted by Gasteiger charge is -2.04. The van der Waals surface area contributed by atoms with Gasteiger partial charge in [0.15, 0.2) is 0 Å². The average molecular weight is 271 g/mol. The highest BCUT2D eigenvalue weighted by molar-refractivity contribution is 7.98. The molecule has 2 aromatic rings. The lowest BCUT2D eigenvalue weighted by Crippen LogP contribution is -1.88. The second-order valence-electron chi connectivity index (χ2n) is 3.32. The highest BCUT2D eigenvalue weighted by Crippen LogP contribution is 2.31. The molecule has 0 radical (unpaired) electrons. The van der Waals surface area contributed by atoms with Crippen LogP contribution in [0.1, 0.15) is 9.88 Å². The van der Waals surface area contributed by atoms with Crippen molar-refractivity contribution in [2.45, 2.75) is 17.6 Å². The van der Waals surface area contributed by atoms with Gasteiger partial charge in [0.05, 0.1) is 5.01 Å². The number of rotatable bonds is 3. The molecule has 0 aliphatic heterocycles. The molecule has 2 rings (SSSR count). The molecular weight excluding hydrogens is 260 g/mol. The fourth-order valence-electron chi connectivity index (χ4n) is 1.27. The van der Waals surface area contributed by atoms with E-state index in [9.17, 15) is 0 Å². The largest absolute Gasteiger partial charge is 0.398 e. The van der Waals surface area contributed by atoms with Gasteiger partial charge in [0.25, 0.3) is 0 Å². The highest BCUT2D eigenvalue weighted by atomic mass is 35.5. The van der Waals surface area contributed by atoms with Crippen LogP contribution < -0.4 is 5.73 Å². The summed E-state index contributed by atoms with van der Waals surface area (Å²) in [5, 5.41) is 1.77. The first-order valence-corrected chi connectivity index (χ1v) is 6.92. The summed E-state index contributed by atoms with van der Waals surface area (Å²) >= 11 is 9.27. The van der Waals surface area contributed by atoms with Crippen LogP contribution in [0.15, 0.2) is 29.3 Å². The average Bonchev–Trinajstić information content (AvgIpc) is 2.63. The van der Waals surface area contributed by atoms with Gasteiger partial charge in [-0.2, -0.15) is 0 Å². The number of nitrogen functional groups attached to an aromatic ring is 1. The quantitative estimate of drug-likeness (QED) is 0.677. The Labute approximate surface area is 108 Å². The van der Waals surface area contributed by atoms with Gasteiger partial charge in [0.2, 0.25) is 0 Å². The number of aromatic nitrogens is 1. The zero-order valence-electron chi connectivity index (χ0n) is 8.74. The van der Waals surface area contributed by atoms with E-state index in [2.05, 4.69) is 4.98 Å². The molecule has 84 valence electrons. The minimum atomic E-state index is 0.676. The van der Waals surface area contributed by atoms with Crippen LogP contribution in [0.4, 0.5) is 5.69 Å². The molecule has 0 fully saturated rings. The van der Waals surface area contributed by atoms with Crippen LogP contribution in [0.5, 0.6) is 0 Å². The summed E-state index contributed by atoms with van der Waals surface area (Å²) in [7, 11) is 0. The lowest BCUT2D eigenvalue weighted by atomic mass is 10.3. The van der Waals surface area contributed by atoms with Crippen LogP contribution in [0.3, 0.4) is 0 Å². The Morgan fingerprint density at radius 3 is 2.94 bits per heavy atom. The third-order valence-corrected chi connectivity index (χ3v) is 4.48. The van der Waals surface area contributed by atoms with Crippen molar-refractivity contribution in [1.29, 1.82) is 0 Å². The van der Waals surface area contributed by atoms with Crippen LogP contribution in [0.2, 0.25) is 5.02 Å². The summed E-state index contributed by atoms with van der Waals surface area (Å²) in [6.07, 6.45) is 1.92. The topological polar surface area (TPSA) is 38.9 Å². The van der Waals surface area contributed by atoms with Gasteiger partial charge < -0.3 is 5.73 Å². The molecule has 0 aliphatic rings. The van der Waals surface area contributed by atoms with Crippen molar-refractivity contribution in [3.63, 3.8) is 0 Å². The van der Waals surface area contributed by atoms with Gasteiger partial charge in [0, 0.05) is 32.4 Å². The van der Waals surface area contributed by atoms with E-state index in [4.69, 9.17) is 17.3 Å². The Morgan fingerprint density at radius 2 is 2.31 bits per heavy atom. The predicted octanol–water partition coefficient (Wildman–Crippen LogP) is 3.98. The summed E-state index contributed by atoms with van der Waals surface area (Å²) in [4.78, 5) is 6.54. The van der Waals surface area contributed by atoms with Gasteiger partial charge in [-0.1, -0.05) is 11.6 Å². The van der Waals surface area contributed by atoms with Crippen molar-refractivity contribution in [3.8, 4) is 0 Å². The number of anilines is 1. The monoisotopic (exact) mass is 270 g/mol. The molecule has 1 aromatic heterocycles. The van der Waals surface area contributed by atoms with E-state index in [1.807, 2.05) is 25.3 Å². The predicted molar refractivity (Wildman–Crippen MR) is 72.3 cm³/mol. The van der Waals surface area contributed by atoms with E-state index < -0.39 is 0 Å². The van der Waals surface area contributed by atoms with Gasteiger partial charge in [-0.25, -0.2) is 4.98 Å². The van der Waals surface area contributed by atoms with Gasteiger partial charge in [0.1, 0.15) is 0 Å². The van der Waals surface area contributed by atoms with E-state index >= 15 is 0 Å². The number of hydrogen-bond donors (Lipinski definition) is 1. The van der Waals surface area contributed by atoms with Crippen molar-refractivity contribution >= 4 is 40.4 Å². The van der Waals surface area contributed by atoms with Crippen molar-refractivity contribution in [1.82, 2.24) is 4.98 Å². The van der Waals surface area contributed by atoms with Crippen molar-refractivity contribution < 1.29 is 0 Å². The van der Waals surface area contributed by atoms with Gasteiger partial charge >= 0.3 is 0 Å². The molecule has 5 heteroatoms. The van der Waals surface area contributed by atoms with Crippen molar-refractivity contribution in [2.24, 2.45) is 0 Å². The fourth-order valence-corrected chi connectivity index (χ4v) is 3.22. The maximum atomic E-state index is 5.87. The molecule has 0 amide bonds. The minimum absolute atomic E-state index is 0.676. The second kappa shape index (κ2) is 5.08. The summed E-state index contributed by atoms with van der Waals surface area (Å²) < 4.78 is 0. The summed E-state index contributed by atoms with van der Waals surface area (Å²) in [6, 6.07) is 5.59. The molecule has 1 heterocycles. The Kier molecular flexibility index (Phi) is 3.74. The molecule has 1 aromatic carbocycles. The van der Waals surface area contributed by atoms with Crippen LogP contribution >= 0.6 is 34.7 Å². The molecule has 0 spiro atoms. The molecule has 0 saturated heterocycles. The molecule has 0 bridgehead atoms. The minimum Gasteiger partial charge on any atom is -0.398 e. The summed E-state index contributed by atoms with van der Waals surface area (Å²) in [6.45, 7) is 2.01. The van der Waals surface area contributed by atoms with E-state index in [0.29, 0.717) is 5.02 Å². The van der Waals surface area contributed by atoms with Crippen molar-refractivity contribution in [2.75, 3.05) is 5.73 Å². The normalized spacial score (nSPS) is 10.6. The molecule has 0 unspecified atom stereocenters. The molecule has 2 N–H and O–H groups in total. The maximum Gasteiger partial charge on any atom is 0.0897 e. The molecular formula is C11H11ClN2S2. The second-order valence-corrected chi connectivity index (χ2v) is 6.09. The Morgan fingerprint density at radius 1 is 1.50 bits per heavy atom. The number of thiazole rings is 1. The first-order chi connectivity index (χ1) is 7.65. The standard InChI is InChI=1S/C11H11ClN2S2/c1-7-14-5-9(16-7)6-15-11-3-2-8(12)4-10(11)13/h2-5H,6,13H2,1H3. The molecule has 0 atom stereocenters. The van der Waals surface area contributed by atoms with E-state index in [0.717, 1.165) is 21.3 Å². The zero-order chi connectivity index (χ0) is 11.5. The van der Waals surface area contributed by atoms with E-state index in [1.165, 1.54) is 4.88 Å². The smallest absolute Gasteiger partial charge is 0.0897 e. The number of hydrogen-bond acceptors (Lipinski definition) is 4.